The highest BCUT2D eigenvalue weighted by atomic mass is 16.6. The van der Waals surface area contributed by atoms with E-state index in [0.717, 1.165) is 12.0 Å². The topological polar surface area (TPSA) is 51.4 Å². The zero-order chi connectivity index (χ0) is 15.4. The highest BCUT2D eigenvalue weighted by molar-refractivity contribution is 5.96. The minimum atomic E-state index is -0.474. The molecule has 0 aromatic heterocycles. The van der Waals surface area contributed by atoms with Gasteiger partial charge in [0.15, 0.2) is 5.78 Å². The lowest BCUT2D eigenvalue weighted by Gasteiger charge is -2.36. The molecule has 0 bridgehead atoms. The molecule has 116 valence electrons. The second-order valence-electron chi connectivity index (χ2n) is 6.85. The number of allylic oxidation sites excluding steroid dienone is 1. The van der Waals surface area contributed by atoms with Gasteiger partial charge in [-0.15, -0.1) is 0 Å². The Bertz CT molecular complexity index is 525. The summed E-state index contributed by atoms with van der Waals surface area (Å²) in [6.45, 7) is 8.88. The molecule has 3 aliphatic rings. The minimum absolute atomic E-state index is 0.0267. The van der Waals surface area contributed by atoms with E-state index in [2.05, 4.69) is 26.8 Å². The van der Waals surface area contributed by atoms with Crippen LogP contribution in [0.1, 0.15) is 34.1 Å². The number of carbonyl (C=O) groups is 1. The van der Waals surface area contributed by atoms with Crippen LogP contribution in [0.5, 0.6) is 0 Å². The van der Waals surface area contributed by atoms with Gasteiger partial charge < -0.3 is 14.2 Å². The molecule has 4 heteroatoms. The SMILES string of the molecule is CO[C@@H]1C(=O)C=C(C)[C@]2(CO2)[C@H]1C1(C)O[C@@H]1CC=C(C)C. The Kier molecular flexibility index (Phi) is 3.39. The molecule has 0 radical (unpaired) electrons. The first-order chi connectivity index (χ1) is 9.85. The van der Waals surface area contributed by atoms with Gasteiger partial charge in [0.05, 0.1) is 18.6 Å². The molecule has 0 amide bonds. The largest absolute Gasteiger partial charge is 0.373 e. The summed E-state index contributed by atoms with van der Waals surface area (Å²) >= 11 is 0. The van der Waals surface area contributed by atoms with Crippen LogP contribution in [0.2, 0.25) is 0 Å². The molecule has 1 spiro atoms. The highest BCUT2D eigenvalue weighted by Crippen LogP contribution is 2.59. The molecule has 5 atom stereocenters. The van der Waals surface area contributed by atoms with Gasteiger partial charge in [0.2, 0.25) is 0 Å². The van der Waals surface area contributed by atoms with Crippen molar-refractivity contribution in [2.75, 3.05) is 13.7 Å². The predicted molar refractivity (Wildman–Crippen MR) is 79.1 cm³/mol. The van der Waals surface area contributed by atoms with Crippen molar-refractivity contribution in [3.05, 3.63) is 23.3 Å². The van der Waals surface area contributed by atoms with E-state index in [1.165, 1.54) is 5.57 Å². The smallest absolute Gasteiger partial charge is 0.184 e. The van der Waals surface area contributed by atoms with Crippen molar-refractivity contribution in [2.45, 2.75) is 57.5 Å². The van der Waals surface area contributed by atoms with E-state index < -0.39 is 6.10 Å². The number of carbonyl (C=O) groups excluding carboxylic acids is 1. The molecule has 0 saturated carbocycles. The average molecular weight is 292 g/mol. The number of ketones is 1. The van der Waals surface area contributed by atoms with Gasteiger partial charge in [0.1, 0.15) is 17.3 Å². The van der Waals surface area contributed by atoms with Crippen molar-refractivity contribution >= 4 is 5.78 Å². The average Bonchev–Trinajstić information content (AvgIpc) is 3.30. The van der Waals surface area contributed by atoms with Gasteiger partial charge in [0.25, 0.3) is 0 Å². The fourth-order valence-electron chi connectivity index (χ4n) is 3.74. The lowest BCUT2D eigenvalue weighted by atomic mass is 9.69. The van der Waals surface area contributed by atoms with E-state index >= 15 is 0 Å². The van der Waals surface area contributed by atoms with Crippen molar-refractivity contribution in [2.24, 2.45) is 5.92 Å². The Balaban J connectivity index is 1.88. The number of rotatable bonds is 4. The molecule has 0 aromatic carbocycles. The maximum absolute atomic E-state index is 12.3. The third kappa shape index (κ3) is 2.20. The quantitative estimate of drug-likeness (QED) is 0.590. The summed E-state index contributed by atoms with van der Waals surface area (Å²) < 4.78 is 17.3. The summed E-state index contributed by atoms with van der Waals surface area (Å²) in [6.07, 6.45) is 4.39. The van der Waals surface area contributed by atoms with Crippen LogP contribution < -0.4 is 0 Å². The van der Waals surface area contributed by atoms with E-state index in [4.69, 9.17) is 14.2 Å². The predicted octanol–water partition coefficient (Wildman–Crippen LogP) is 2.43. The molecular formula is C17H24O4. The van der Waals surface area contributed by atoms with Gasteiger partial charge in [-0.2, -0.15) is 0 Å². The van der Waals surface area contributed by atoms with E-state index in [9.17, 15) is 4.79 Å². The lowest BCUT2D eigenvalue weighted by Crippen LogP contribution is -2.52. The fraction of sp³-hybridized carbons (Fsp3) is 0.706. The Morgan fingerprint density at radius 3 is 2.71 bits per heavy atom. The van der Waals surface area contributed by atoms with E-state index in [1.807, 2.05) is 6.92 Å². The molecule has 2 fully saturated rings. The van der Waals surface area contributed by atoms with Gasteiger partial charge in [-0.25, -0.2) is 0 Å². The van der Waals surface area contributed by atoms with E-state index in [0.29, 0.717) is 6.61 Å². The normalized spacial score (nSPS) is 44.5. The van der Waals surface area contributed by atoms with E-state index in [-0.39, 0.29) is 29.0 Å². The Morgan fingerprint density at radius 1 is 1.52 bits per heavy atom. The summed E-state index contributed by atoms with van der Waals surface area (Å²) in [7, 11) is 1.59. The molecule has 21 heavy (non-hydrogen) atoms. The molecule has 1 unspecified atom stereocenters. The summed E-state index contributed by atoms with van der Waals surface area (Å²) in [6, 6.07) is 0. The van der Waals surface area contributed by atoms with Crippen LogP contribution in [0.4, 0.5) is 0 Å². The maximum Gasteiger partial charge on any atom is 0.184 e. The molecule has 4 nitrogen and oxygen atoms in total. The molecule has 2 aliphatic heterocycles. The zero-order valence-electron chi connectivity index (χ0n) is 13.4. The summed E-state index contributed by atoms with van der Waals surface area (Å²) in [5.41, 5.74) is 1.57. The Labute approximate surface area is 126 Å². The summed E-state index contributed by atoms with van der Waals surface area (Å²) in [5.74, 6) is -0.0399. The molecule has 3 rings (SSSR count). The van der Waals surface area contributed by atoms with Crippen LogP contribution >= 0.6 is 0 Å². The van der Waals surface area contributed by atoms with Gasteiger partial charge in [-0.1, -0.05) is 11.6 Å². The van der Waals surface area contributed by atoms with Gasteiger partial charge in [-0.3, -0.25) is 4.79 Å². The van der Waals surface area contributed by atoms with Gasteiger partial charge in [0, 0.05) is 7.11 Å². The number of methoxy groups -OCH3 is 1. The van der Waals surface area contributed by atoms with Crippen molar-refractivity contribution < 1.29 is 19.0 Å². The van der Waals surface area contributed by atoms with Gasteiger partial charge >= 0.3 is 0 Å². The van der Waals surface area contributed by atoms with Crippen LogP contribution in [0.25, 0.3) is 0 Å². The Hall–Kier alpha value is -0.970. The first-order valence-corrected chi connectivity index (χ1v) is 7.55. The summed E-state index contributed by atoms with van der Waals surface area (Å²) in [4.78, 5) is 12.3. The molecular weight excluding hydrogens is 268 g/mol. The van der Waals surface area contributed by atoms with Crippen molar-refractivity contribution in [1.29, 1.82) is 0 Å². The molecule has 2 heterocycles. The van der Waals surface area contributed by atoms with Gasteiger partial charge in [-0.05, 0) is 45.8 Å². The zero-order valence-corrected chi connectivity index (χ0v) is 13.4. The van der Waals surface area contributed by atoms with Crippen LogP contribution in [0.3, 0.4) is 0 Å². The minimum Gasteiger partial charge on any atom is -0.373 e. The van der Waals surface area contributed by atoms with Crippen LogP contribution in [-0.4, -0.2) is 42.9 Å². The van der Waals surface area contributed by atoms with Crippen molar-refractivity contribution in [1.82, 2.24) is 0 Å². The third-order valence-electron chi connectivity index (χ3n) is 5.16. The number of hydrogen-bond acceptors (Lipinski definition) is 4. The summed E-state index contributed by atoms with van der Waals surface area (Å²) in [5, 5.41) is 0. The number of hydrogen-bond donors (Lipinski definition) is 0. The van der Waals surface area contributed by atoms with Crippen molar-refractivity contribution in [3.8, 4) is 0 Å². The molecule has 0 aromatic rings. The first-order valence-electron chi connectivity index (χ1n) is 7.55. The third-order valence-corrected chi connectivity index (χ3v) is 5.16. The van der Waals surface area contributed by atoms with Crippen molar-refractivity contribution in [3.63, 3.8) is 0 Å². The molecule has 1 aliphatic carbocycles. The lowest BCUT2D eigenvalue weighted by molar-refractivity contribution is -0.132. The maximum atomic E-state index is 12.3. The highest BCUT2D eigenvalue weighted by Gasteiger charge is 2.72. The first kappa shape index (κ1) is 14.9. The van der Waals surface area contributed by atoms with Crippen LogP contribution in [-0.2, 0) is 19.0 Å². The number of epoxide rings is 2. The number of ether oxygens (including phenoxy) is 3. The Morgan fingerprint density at radius 2 is 2.19 bits per heavy atom. The standard InChI is InChI=1S/C17H24O4/c1-10(2)6-7-13-16(4,21-13)15-14(19-5)12(18)8-11(3)17(15)9-20-17/h6,8,13-15H,7,9H2,1-5H3/t13-,14-,15-,16?,17-/m1/s1. The molecule has 2 saturated heterocycles. The second kappa shape index (κ2) is 4.77. The fourth-order valence-corrected chi connectivity index (χ4v) is 3.74. The monoisotopic (exact) mass is 292 g/mol. The second-order valence-corrected chi connectivity index (χ2v) is 6.85. The molecule has 0 N–H and O–H groups in total. The van der Waals surface area contributed by atoms with E-state index in [1.54, 1.807) is 13.2 Å². The van der Waals surface area contributed by atoms with Crippen LogP contribution in [0, 0.1) is 5.92 Å². The van der Waals surface area contributed by atoms with Crippen LogP contribution in [0.15, 0.2) is 23.3 Å².